The highest BCUT2D eigenvalue weighted by molar-refractivity contribution is 7.92. The summed E-state index contributed by atoms with van der Waals surface area (Å²) >= 11 is 0. The lowest BCUT2D eigenvalue weighted by atomic mass is 9.68. The average Bonchev–Trinajstić information content (AvgIpc) is 2.75. The molecule has 1 heterocycles. The number of rotatable bonds is 5. The van der Waals surface area contributed by atoms with Gasteiger partial charge in [-0.05, 0) is 55.0 Å². The van der Waals surface area contributed by atoms with Crippen LogP contribution in [0.3, 0.4) is 0 Å². The lowest BCUT2D eigenvalue weighted by Gasteiger charge is -2.49. The number of carboxylic acids is 1. The Labute approximate surface area is 177 Å². The number of carbonyl (C=O) groups is 1. The first kappa shape index (κ1) is 21.7. The molecular formula is C22H21F3O5S. The molecule has 3 atom stereocenters. The Bertz CT molecular complexity index is 1120. The quantitative estimate of drug-likeness (QED) is 0.725. The normalized spacial score (nSPS) is 25.3. The van der Waals surface area contributed by atoms with Crippen molar-refractivity contribution in [3.8, 4) is 5.75 Å². The smallest absolute Gasteiger partial charge is 0.303 e. The second-order valence-electron chi connectivity index (χ2n) is 8.15. The third-order valence-corrected chi connectivity index (χ3v) is 9.04. The lowest BCUT2D eigenvalue weighted by molar-refractivity contribution is -0.138. The molecule has 9 heteroatoms. The Balaban J connectivity index is 1.91. The standard InChI is InChI=1S/C22H21F3O5S/c23-11-13-1-3-16(4-2-13)31(28,29)22-8-7-14(10-19(26)27)9-15(22)12-30-21-18(25)6-5-17(24)20(21)22/h1-6,14-15H,7-12H2,(H,26,27)/t14-,15-,22+/m1/s1. The molecule has 1 N–H and O–H groups in total. The first-order valence-electron chi connectivity index (χ1n) is 9.93. The molecular weight excluding hydrogens is 433 g/mol. The van der Waals surface area contributed by atoms with Crippen LogP contribution in [0.4, 0.5) is 13.2 Å². The van der Waals surface area contributed by atoms with Crippen molar-refractivity contribution in [2.24, 2.45) is 11.8 Å². The highest BCUT2D eigenvalue weighted by Gasteiger charge is 2.59. The van der Waals surface area contributed by atoms with E-state index in [9.17, 15) is 22.0 Å². The summed E-state index contributed by atoms with van der Waals surface area (Å²) in [5.74, 6) is -4.23. The summed E-state index contributed by atoms with van der Waals surface area (Å²) < 4.78 is 74.1. The second kappa shape index (κ2) is 7.85. The molecule has 1 fully saturated rings. The van der Waals surface area contributed by atoms with E-state index in [1.54, 1.807) is 0 Å². The maximum Gasteiger partial charge on any atom is 0.303 e. The Hall–Kier alpha value is -2.55. The molecule has 1 aliphatic carbocycles. The number of hydrogen-bond acceptors (Lipinski definition) is 4. The SMILES string of the molecule is O=C(O)C[C@@H]1CC[C@@]2(S(=O)(=O)c3ccc(CF)cc3)c3c(F)ccc(F)c3OC[C@H]2C1. The van der Waals surface area contributed by atoms with E-state index >= 15 is 4.39 Å². The summed E-state index contributed by atoms with van der Waals surface area (Å²) in [5.41, 5.74) is -0.0464. The maximum absolute atomic E-state index is 15.1. The molecule has 0 unspecified atom stereocenters. The zero-order valence-electron chi connectivity index (χ0n) is 16.5. The Morgan fingerprint density at radius 3 is 2.45 bits per heavy atom. The average molecular weight is 454 g/mol. The molecule has 0 spiro atoms. The van der Waals surface area contributed by atoms with Gasteiger partial charge in [-0.1, -0.05) is 12.1 Å². The molecule has 1 saturated carbocycles. The molecule has 0 saturated heterocycles. The van der Waals surface area contributed by atoms with Crippen molar-refractivity contribution < 1.29 is 36.2 Å². The number of aliphatic carboxylic acids is 1. The van der Waals surface area contributed by atoms with Crippen molar-refractivity contribution in [1.29, 1.82) is 0 Å². The minimum absolute atomic E-state index is 0.0699. The van der Waals surface area contributed by atoms with Crippen LogP contribution in [-0.4, -0.2) is 26.1 Å². The highest BCUT2D eigenvalue weighted by atomic mass is 32.2. The number of alkyl halides is 1. The fraction of sp³-hybridized carbons (Fsp3) is 0.409. The van der Waals surface area contributed by atoms with E-state index < -0.39 is 50.5 Å². The minimum Gasteiger partial charge on any atom is -0.490 e. The molecule has 4 rings (SSSR count). The van der Waals surface area contributed by atoms with Gasteiger partial charge in [0.1, 0.15) is 17.2 Å². The molecule has 0 amide bonds. The van der Waals surface area contributed by atoms with Gasteiger partial charge in [-0.2, -0.15) is 0 Å². The van der Waals surface area contributed by atoms with Crippen LogP contribution in [0, 0.1) is 23.5 Å². The van der Waals surface area contributed by atoms with Gasteiger partial charge >= 0.3 is 5.97 Å². The molecule has 2 aliphatic rings. The number of ether oxygens (including phenoxy) is 1. The van der Waals surface area contributed by atoms with Crippen LogP contribution in [-0.2, 0) is 26.1 Å². The number of halogens is 3. The van der Waals surface area contributed by atoms with Crippen molar-refractivity contribution in [2.45, 2.75) is 42.0 Å². The largest absolute Gasteiger partial charge is 0.490 e. The van der Waals surface area contributed by atoms with Crippen LogP contribution in [0.1, 0.15) is 36.8 Å². The summed E-state index contributed by atoms with van der Waals surface area (Å²) in [6, 6.07) is 7.00. The van der Waals surface area contributed by atoms with Crippen LogP contribution >= 0.6 is 0 Å². The Kier molecular flexibility index (Phi) is 5.49. The molecule has 0 bridgehead atoms. The first-order valence-corrected chi connectivity index (χ1v) is 11.4. The zero-order valence-corrected chi connectivity index (χ0v) is 17.3. The highest BCUT2D eigenvalue weighted by Crippen LogP contribution is 2.57. The van der Waals surface area contributed by atoms with Gasteiger partial charge in [-0.3, -0.25) is 4.79 Å². The van der Waals surface area contributed by atoms with Crippen LogP contribution in [0.2, 0.25) is 0 Å². The number of hydrogen-bond donors (Lipinski definition) is 1. The molecule has 1 aliphatic heterocycles. The van der Waals surface area contributed by atoms with Gasteiger partial charge in [0, 0.05) is 12.3 Å². The van der Waals surface area contributed by atoms with Gasteiger partial charge < -0.3 is 9.84 Å². The topological polar surface area (TPSA) is 80.7 Å². The predicted octanol–water partition coefficient (Wildman–Crippen LogP) is 4.39. The van der Waals surface area contributed by atoms with Gasteiger partial charge in [-0.25, -0.2) is 21.6 Å². The summed E-state index contributed by atoms with van der Waals surface area (Å²) in [7, 11) is -4.27. The van der Waals surface area contributed by atoms with Crippen molar-refractivity contribution >= 4 is 15.8 Å². The molecule has 31 heavy (non-hydrogen) atoms. The van der Waals surface area contributed by atoms with E-state index in [1.807, 2.05) is 0 Å². The number of fused-ring (bicyclic) bond motifs is 3. The summed E-state index contributed by atoms with van der Waals surface area (Å²) in [5, 5.41) is 9.16. The minimum atomic E-state index is -4.27. The second-order valence-corrected chi connectivity index (χ2v) is 10.4. The van der Waals surface area contributed by atoms with Gasteiger partial charge in [0.25, 0.3) is 0 Å². The maximum atomic E-state index is 15.1. The van der Waals surface area contributed by atoms with Gasteiger partial charge in [-0.15, -0.1) is 0 Å². The summed E-state index contributed by atoms with van der Waals surface area (Å²) in [4.78, 5) is 11.1. The molecule has 0 aromatic heterocycles. The van der Waals surface area contributed by atoms with Crippen LogP contribution < -0.4 is 4.74 Å². The van der Waals surface area contributed by atoms with Gasteiger partial charge in [0.05, 0.1) is 17.1 Å². The third kappa shape index (κ3) is 3.39. The Morgan fingerprint density at radius 2 is 1.81 bits per heavy atom. The van der Waals surface area contributed by atoms with Crippen molar-refractivity contribution in [2.75, 3.05) is 6.61 Å². The van der Waals surface area contributed by atoms with Crippen molar-refractivity contribution in [3.63, 3.8) is 0 Å². The fourth-order valence-corrected chi connectivity index (χ4v) is 7.37. The monoisotopic (exact) mass is 454 g/mol. The van der Waals surface area contributed by atoms with E-state index in [0.717, 1.165) is 12.1 Å². The van der Waals surface area contributed by atoms with Crippen LogP contribution in [0.5, 0.6) is 5.75 Å². The van der Waals surface area contributed by atoms with Crippen molar-refractivity contribution in [1.82, 2.24) is 0 Å². The van der Waals surface area contributed by atoms with E-state index in [4.69, 9.17) is 9.84 Å². The van der Waals surface area contributed by atoms with E-state index in [1.165, 1.54) is 24.3 Å². The molecule has 2 aromatic carbocycles. The lowest BCUT2D eigenvalue weighted by Crippen LogP contribution is -2.52. The molecule has 2 aromatic rings. The molecule has 0 radical (unpaired) electrons. The number of benzene rings is 2. The van der Waals surface area contributed by atoms with Crippen LogP contribution in [0.25, 0.3) is 0 Å². The van der Waals surface area contributed by atoms with Crippen molar-refractivity contribution in [3.05, 3.63) is 59.2 Å². The van der Waals surface area contributed by atoms with E-state index in [2.05, 4.69) is 0 Å². The molecule has 166 valence electrons. The summed E-state index contributed by atoms with van der Waals surface area (Å²) in [6.45, 7) is -0.938. The fourth-order valence-electron chi connectivity index (χ4n) is 5.01. The summed E-state index contributed by atoms with van der Waals surface area (Å²) in [6.07, 6.45) is 0.194. The zero-order chi connectivity index (χ0) is 22.4. The third-order valence-electron chi connectivity index (χ3n) is 6.44. The van der Waals surface area contributed by atoms with Gasteiger partial charge in [0.2, 0.25) is 0 Å². The van der Waals surface area contributed by atoms with Gasteiger partial charge in [0.15, 0.2) is 21.4 Å². The first-order chi connectivity index (χ1) is 14.7. The Morgan fingerprint density at radius 1 is 1.13 bits per heavy atom. The van der Waals surface area contributed by atoms with E-state index in [-0.39, 0.29) is 48.7 Å². The van der Waals surface area contributed by atoms with E-state index in [0.29, 0.717) is 5.56 Å². The number of carboxylic acid groups (broad SMARTS) is 1. The predicted molar refractivity (Wildman–Crippen MR) is 105 cm³/mol. The number of sulfone groups is 1. The van der Waals surface area contributed by atoms with Crippen LogP contribution in [0.15, 0.2) is 41.3 Å². The molecule has 5 nitrogen and oxygen atoms in total.